The molecule has 6 amide bonds. The number of carbonyl (C=O) groups excluding carboxylic acids is 8. The van der Waals surface area contributed by atoms with Gasteiger partial charge in [0, 0.05) is 73.6 Å². The first kappa shape index (κ1) is 94.2. The molecule has 0 radical (unpaired) electrons. The summed E-state index contributed by atoms with van der Waals surface area (Å²) in [5.74, 6) is -4.67. The van der Waals surface area contributed by atoms with Crippen LogP contribution in [0.2, 0.25) is 0 Å². The first-order valence-corrected chi connectivity index (χ1v) is 44.1. The molecule has 4 saturated carbocycles. The van der Waals surface area contributed by atoms with Crippen LogP contribution < -0.4 is 46.6 Å². The van der Waals surface area contributed by atoms with Crippen molar-refractivity contribution in [3.05, 3.63) is 285 Å². The molecule has 12 aromatic rings. The summed E-state index contributed by atoms with van der Waals surface area (Å²) in [6.07, 6.45) is 4.96. The van der Waals surface area contributed by atoms with Gasteiger partial charge < -0.3 is 44.2 Å². The Hall–Kier alpha value is -13.9. The Morgan fingerprint density at radius 1 is 0.424 bits per heavy atom. The lowest BCUT2D eigenvalue weighted by Gasteiger charge is -2.28. The van der Waals surface area contributed by atoms with Gasteiger partial charge in [-0.3, -0.25) is 79.1 Å². The minimum absolute atomic E-state index is 0.0795. The molecule has 5 fully saturated rings. The SMILES string of the molecule is CCOC(=O)[C@@]1(Cc2ccc(COc3cc(C)nc4ccccc34)cc2)C[C@@H]1C(=O)NO.CCOC(=O)[C@@]1(Cc2ccc(OCc3cc(CC)nc4ccccc34)cc2)C[C@@H]1C(=O)NO.Cc1cc(COc2ccc(C[C@]3(C(=O)N4CCC[C@H]4CO)C[C@@H]3C(=O)NO)cc2)c2ccccc2n1.Cc1cc(COc2ccc(C[C@]3(C(N)=O)C[C@@H]3C(=O)NO)cc2F)c2ccccc2n1. The van der Waals surface area contributed by atoms with Crippen molar-refractivity contribution in [1.82, 2.24) is 46.8 Å². The number of nitrogens with zero attached hydrogens (tertiary/aromatic N) is 5. The van der Waals surface area contributed by atoms with Crippen LogP contribution in [0.25, 0.3) is 43.6 Å². The summed E-state index contributed by atoms with van der Waals surface area (Å²) >= 11 is 0. The Morgan fingerprint density at radius 2 is 0.795 bits per heavy atom. The molecule has 0 spiro atoms. The molecule has 4 aliphatic carbocycles. The van der Waals surface area contributed by atoms with Gasteiger partial charge in [0.25, 0.3) is 0 Å². The third-order valence-electron chi connectivity index (χ3n) is 25.5. The quantitative estimate of drug-likeness (QED) is 0.0106. The maximum Gasteiger partial charge on any atom is 0.313 e. The number of likely N-dealkylation sites (tertiary alicyclic amines) is 1. The predicted molar refractivity (Wildman–Crippen MR) is 485 cm³/mol. The lowest BCUT2D eigenvalue weighted by atomic mass is 9.91. The number of amides is 6. The standard InChI is InChI=1S/C28H31N3O5.C26H28N2O5.C25H26N2O5.C23H22FN3O4/c1-18-13-20(23-6-2-3-7-25(23)29-18)17-36-22-10-8-19(9-11-22)14-28(15-24(28)26(33)30-35)27(34)31-12-4-5-21(31)16-32;1-3-19-13-18(21-7-5-6-8-23(21)27-19)16-33-20-11-9-17(10-12-20)14-26(25(30)32-4-2)15-22(26)24(29)28-31;1-3-31-24(29)25(14-20(25)23(28)27-30)13-17-8-10-18(11-9-17)15-32-22-12-16(2)26-21-7-5-4-6-19(21)22;1-13-8-15(16-4-2-3-5-19(16)26-13)12-31-20-7-6-14(9-18(20)24)10-23(22(25)29)11-17(23)21(28)27-30/h2-3,6-11,13,21,24,32,35H,4-5,12,14-17H2,1H3,(H,30,33);5-13,22,31H,3-4,14-16H2,1-2H3,(H,28,29);4-12,20,30H,3,13-15H2,1-2H3,(H,27,28);2-9,17,30H,10-12H2,1H3,(H2,25,29)(H,27,28)/t21-,24+,28-;22-,26+;20-,25+;17-,23+/m0111/s1. The number of benzene rings is 8. The zero-order chi connectivity index (χ0) is 93.6. The number of hydroxylamine groups is 4. The summed E-state index contributed by atoms with van der Waals surface area (Å²) < 4.78 is 49.0. The third-order valence-corrected chi connectivity index (χ3v) is 25.5. The van der Waals surface area contributed by atoms with Crippen LogP contribution in [0, 0.1) is 71.9 Å². The smallest absolute Gasteiger partial charge is 0.313 e. The van der Waals surface area contributed by atoms with Crippen molar-refractivity contribution in [2.24, 2.45) is 51.1 Å². The summed E-state index contributed by atoms with van der Waals surface area (Å²) in [7, 11) is 0. The zero-order valence-electron chi connectivity index (χ0n) is 74.2. The van der Waals surface area contributed by atoms with E-state index in [0.29, 0.717) is 82.0 Å². The van der Waals surface area contributed by atoms with E-state index in [9.17, 15) is 53.1 Å². The molecule has 11 N–H and O–H groups in total. The molecule has 9 atom stereocenters. The molecule has 1 saturated heterocycles. The van der Waals surface area contributed by atoms with Crippen LogP contribution in [0.1, 0.15) is 127 Å². The molecule has 30 heteroatoms. The highest BCUT2D eigenvalue weighted by Crippen LogP contribution is 2.59. The summed E-state index contributed by atoms with van der Waals surface area (Å²) in [6.45, 7) is 13.7. The molecular formula is C102H107FN10O19. The molecule has 0 unspecified atom stereocenters. The Balaban J connectivity index is 0.000000142. The van der Waals surface area contributed by atoms with Gasteiger partial charge in [-0.25, -0.2) is 26.3 Å². The Labute approximate surface area is 761 Å². The molecule has 4 aromatic heterocycles. The average Bonchev–Trinajstić information content (AvgIpc) is 1.54. The fourth-order valence-electron chi connectivity index (χ4n) is 18.1. The Bertz CT molecular complexity index is 6270. The number of rotatable bonds is 32. The van der Waals surface area contributed by atoms with Crippen LogP contribution in [0.5, 0.6) is 23.0 Å². The maximum atomic E-state index is 14.7. The molecule has 8 aromatic carbocycles. The monoisotopic (exact) mass is 1790 g/mol. The highest BCUT2D eigenvalue weighted by molar-refractivity contribution is 5.98. The summed E-state index contributed by atoms with van der Waals surface area (Å²) in [5, 5.41) is 49.6. The number of primary amides is 1. The molecule has 132 heavy (non-hydrogen) atoms. The van der Waals surface area contributed by atoms with Gasteiger partial charge in [-0.1, -0.05) is 128 Å². The molecular weight excluding hydrogens is 1690 g/mol. The van der Waals surface area contributed by atoms with Crippen molar-refractivity contribution in [3.8, 4) is 23.0 Å². The molecule has 5 heterocycles. The summed E-state index contributed by atoms with van der Waals surface area (Å²) in [6, 6.07) is 66.6. The number of fused-ring (bicyclic) bond motifs is 4. The van der Waals surface area contributed by atoms with Gasteiger partial charge in [0.2, 0.25) is 35.4 Å². The van der Waals surface area contributed by atoms with Gasteiger partial charge >= 0.3 is 11.9 Å². The normalized spacial score (nSPS) is 20.4. The largest absolute Gasteiger partial charge is 0.489 e. The van der Waals surface area contributed by atoms with Crippen molar-refractivity contribution in [3.63, 3.8) is 0 Å². The molecule has 1 aliphatic heterocycles. The Kier molecular flexibility index (Phi) is 29.6. The number of aliphatic hydroxyl groups is 1. The molecule has 686 valence electrons. The maximum absolute atomic E-state index is 14.7. The Morgan fingerprint density at radius 3 is 1.25 bits per heavy atom. The fourth-order valence-corrected chi connectivity index (χ4v) is 18.1. The van der Waals surface area contributed by atoms with Gasteiger partial charge in [-0.15, -0.1) is 0 Å². The van der Waals surface area contributed by atoms with Gasteiger partial charge in [0.05, 0.1) is 93.3 Å². The molecule has 17 rings (SSSR count). The number of halogens is 1. The van der Waals surface area contributed by atoms with Crippen LogP contribution in [0.15, 0.2) is 212 Å². The second-order valence-electron chi connectivity index (χ2n) is 34.4. The van der Waals surface area contributed by atoms with E-state index in [4.69, 9.17) is 49.8 Å². The van der Waals surface area contributed by atoms with E-state index in [1.165, 1.54) is 12.1 Å². The second-order valence-corrected chi connectivity index (χ2v) is 34.4. The summed E-state index contributed by atoms with van der Waals surface area (Å²) in [4.78, 5) is 118. The van der Waals surface area contributed by atoms with E-state index < -0.39 is 92.6 Å². The first-order valence-electron chi connectivity index (χ1n) is 44.1. The van der Waals surface area contributed by atoms with E-state index in [0.717, 1.165) is 130 Å². The van der Waals surface area contributed by atoms with Crippen LogP contribution in [0.3, 0.4) is 0 Å². The molecule has 29 nitrogen and oxygen atoms in total. The summed E-state index contributed by atoms with van der Waals surface area (Å²) in [5.41, 5.74) is 22.8. The molecule has 0 bridgehead atoms. The van der Waals surface area contributed by atoms with E-state index in [1.807, 2.05) is 209 Å². The number of pyridine rings is 4. The van der Waals surface area contributed by atoms with E-state index in [1.54, 1.807) is 46.7 Å². The van der Waals surface area contributed by atoms with Gasteiger partial charge in [-0.2, -0.15) is 0 Å². The number of hydrogen-bond donors (Lipinski definition) is 10. The third kappa shape index (κ3) is 21.2. The van der Waals surface area contributed by atoms with Crippen molar-refractivity contribution >= 4 is 91.0 Å². The number of aryl methyl sites for hydroxylation is 4. The fraction of sp³-hybridized carbons (Fsp3) is 0.333. The van der Waals surface area contributed by atoms with E-state index >= 15 is 0 Å². The van der Waals surface area contributed by atoms with Crippen LogP contribution in [0.4, 0.5) is 4.39 Å². The van der Waals surface area contributed by atoms with E-state index in [2.05, 4.69) is 32.9 Å². The number of nitrogens with two attached hydrogens (primary N) is 1. The number of esters is 2. The first-order chi connectivity index (χ1) is 63.7. The minimum atomic E-state index is -1.12. The number of carbonyl (C=O) groups is 8. The second kappa shape index (κ2) is 41.5. The van der Waals surface area contributed by atoms with Gasteiger partial charge in [-0.05, 0) is 218 Å². The van der Waals surface area contributed by atoms with Gasteiger partial charge in [0.15, 0.2) is 11.6 Å². The number of para-hydroxylation sites is 4. The zero-order valence-corrected chi connectivity index (χ0v) is 74.2. The highest BCUT2D eigenvalue weighted by atomic mass is 19.1. The number of aliphatic hydroxyl groups excluding tert-OH is 1. The topological polar surface area (TPSA) is 422 Å². The van der Waals surface area contributed by atoms with Gasteiger partial charge in [0.1, 0.15) is 43.7 Å². The van der Waals surface area contributed by atoms with Crippen molar-refractivity contribution in [1.29, 1.82) is 0 Å². The average molecular weight is 1800 g/mol. The molecule has 5 aliphatic rings. The van der Waals surface area contributed by atoms with Crippen LogP contribution >= 0.6 is 0 Å². The number of nitrogens with one attached hydrogen (secondary N) is 4. The van der Waals surface area contributed by atoms with Crippen molar-refractivity contribution in [2.75, 3.05) is 26.4 Å². The van der Waals surface area contributed by atoms with E-state index in [-0.39, 0.29) is 57.0 Å². The minimum Gasteiger partial charge on any atom is -0.489 e. The van der Waals surface area contributed by atoms with Crippen LogP contribution in [-0.4, -0.2) is 131 Å². The predicted octanol–water partition coefficient (Wildman–Crippen LogP) is 13.7. The highest BCUT2D eigenvalue weighted by Gasteiger charge is 2.67. The number of hydrogen-bond acceptors (Lipinski definition) is 23. The lowest BCUT2D eigenvalue weighted by Crippen LogP contribution is -2.44. The number of aromatic nitrogens is 4. The van der Waals surface area contributed by atoms with Crippen LogP contribution in [-0.2, 0) is 106 Å². The number of ether oxygens (including phenoxy) is 6. The van der Waals surface area contributed by atoms with Crippen molar-refractivity contribution in [2.45, 2.75) is 145 Å². The van der Waals surface area contributed by atoms with Crippen molar-refractivity contribution < 1.29 is 97.1 Å². The lowest BCUT2D eigenvalue weighted by molar-refractivity contribution is -0.152.